The van der Waals surface area contributed by atoms with Gasteiger partial charge < -0.3 is 9.64 Å². The Morgan fingerprint density at radius 3 is 2.84 bits per heavy atom. The molecule has 0 spiro atoms. The molecule has 2 saturated heterocycles. The normalized spacial score (nSPS) is 30.7. The summed E-state index contributed by atoms with van der Waals surface area (Å²) in [7, 11) is 0. The molecular formula is C14H21N3O2. The minimum atomic E-state index is -0.162. The molecule has 0 bridgehead atoms. The topological polar surface area (TPSA) is 45.1 Å². The first-order valence-corrected chi connectivity index (χ1v) is 7.06. The van der Waals surface area contributed by atoms with Crippen LogP contribution in [0.5, 0.6) is 0 Å². The van der Waals surface area contributed by atoms with Crippen molar-refractivity contribution in [3.8, 4) is 0 Å². The van der Waals surface area contributed by atoms with Crippen LogP contribution in [-0.2, 0) is 4.74 Å². The Kier molecular flexibility index (Phi) is 2.99. The molecule has 5 heteroatoms. The zero-order chi connectivity index (χ0) is 13.6. The quantitative estimate of drug-likeness (QED) is 0.765. The van der Waals surface area contributed by atoms with Crippen LogP contribution in [0.1, 0.15) is 33.6 Å². The molecule has 1 amide bonds. The van der Waals surface area contributed by atoms with Gasteiger partial charge in [0.2, 0.25) is 0 Å². The van der Waals surface area contributed by atoms with Gasteiger partial charge in [0, 0.05) is 18.7 Å². The summed E-state index contributed by atoms with van der Waals surface area (Å²) in [6.45, 7) is 8.52. The van der Waals surface area contributed by atoms with Crippen molar-refractivity contribution >= 4 is 11.9 Å². The number of aliphatic imine (C=N–C) groups is 1. The summed E-state index contributed by atoms with van der Waals surface area (Å²) in [4.78, 5) is 20.6. The van der Waals surface area contributed by atoms with E-state index in [-0.39, 0.29) is 12.1 Å². The molecule has 2 fully saturated rings. The van der Waals surface area contributed by atoms with Crippen LogP contribution in [0.2, 0.25) is 0 Å². The fraction of sp³-hybridized carbons (Fsp3) is 0.714. The number of carbonyl (C=O) groups is 1. The van der Waals surface area contributed by atoms with Crippen LogP contribution in [0.25, 0.3) is 0 Å². The zero-order valence-electron chi connectivity index (χ0n) is 11.8. The van der Waals surface area contributed by atoms with Gasteiger partial charge in [-0.05, 0) is 25.8 Å². The first kappa shape index (κ1) is 12.5. The molecule has 2 unspecified atom stereocenters. The average Bonchev–Trinajstić information content (AvgIpc) is 2.99. The summed E-state index contributed by atoms with van der Waals surface area (Å²) in [6, 6.07) is 0.552. The third kappa shape index (κ3) is 1.91. The number of nitrogens with zero attached hydrogens (tertiary/aromatic N) is 3. The fourth-order valence-corrected chi connectivity index (χ4v) is 3.35. The van der Waals surface area contributed by atoms with E-state index in [2.05, 4.69) is 25.7 Å². The van der Waals surface area contributed by atoms with Crippen molar-refractivity contribution in [3.05, 3.63) is 11.3 Å². The Balaban J connectivity index is 1.85. The Morgan fingerprint density at radius 2 is 2.21 bits per heavy atom. The standard InChI is InChI=1S/C14H21N3O2/c1-4-12-9(2)13-7-11(8-17(13)10(3)15-12)16-5-6-19-14(16)18/h11-12H,4-8H2,1-3H3. The molecule has 0 radical (unpaired) electrons. The van der Waals surface area contributed by atoms with E-state index in [1.165, 1.54) is 11.3 Å². The van der Waals surface area contributed by atoms with Gasteiger partial charge in [0.15, 0.2) is 0 Å². The van der Waals surface area contributed by atoms with E-state index < -0.39 is 0 Å². The van der Waals surface area contributed by atoms with Crippen LogP contribution >= 0.6 is 0 Å². The fourth-order valence-electron chi connectivity index (χ4n) is 3.35. The summed E-state index contributed by atoms with van der Waals surface area (Å²) in [5, 5.41) is 0. The van der Waals surface area contributed by atoms with Crippen molar-refractivity contribution in [1.29, 1.82) is 0 Å². The second kappa shape index (κ2) is 4.54. The van der Waals surface area contributed by atoms with Crippen molar-refractivity contribution in [2.24, 2.45) is 4.99 Å². The van der Waals surface area contributed by atoms with Crippen molar-refractivity contribution < 1.29 is 9.53 Å². The number of carbonyl (C=O) groups excluding carboxylic acids is 1. The van der Waals surface area contributed by atoms with E-state index in [4.69, 9.17) is 9.73 Å². The third-order valence-electron chi connectivity index (χ3n) is 4.46. The van der Waals surface area contributed by atoms with Crippen molar-refractivity contribution in [2.75, 3.05) is 19.7 Å². The third-order valence-corrected chi connectivity index (χ3v) is 4.46. The molecule has 3 rings (SSSR count). The van der Waals surface area contributed by atoms with Gasteiger partial charge in [-0.3, -0.25) is 9.89 Å². The number of ether oxygens (including phenoxy) is 1. The minimum absolute atomic E-state index is 0.162. The van der Waals surface area contributed by atoms with Crippen LogP contribution in [0.3, 0.4) is 0 Å². The summed E-state index contributed by atoms with van der Waals surface area (Å²) in [5.74, 6) is 1.09. The molecule has 2 atom stereocenters. The molecule has 0 aromatic heterocycles. The number of amidine groups is 1. The number of hydrogen-bond donors (Lipinski definition) is 0. The number of hydrogen-bond acceptors (Lipinski definition) is 4. The highest BCUT2D eigenvalue weighted by atomic mass is 16.6. The van der Waals surface area contributed by atoms with Crippen molar-refractivity contribution in [3.63, 3.8) is 0 Å². The number of fused-ring (bicyclic) bond motifs is 1. The highest BCUT2D eigenvalue weighted by Gasteiger charge is 2.40. The van der Waals surface area contributed by atoms with Gasteiger partial charge in [-0.1, -0.05) is 6.92 Å². The molecule has 3 aliphatic heterocycles. The Hall–Kier alpha value is -1.52. The lowest BCUT2D eigenvalue weighted by atomic mass is 10.0. The first-order chi connectivity index (χ1) is 9.11. The van der Waals surface area contributed by atoms with Crippen LogP contribution in [0, 0.1) is 0 Å². The predicted octanol–water partition coefficient (Wildman–Crippen LogP) is 2.00. The van der Waals surface area contributed by atoms with Gasteiger partial charge in [-0.25, -0.2) is 4.79 Å². The van der Waals surface area contributed by atoms with E-state index in [0.717, 1.165) is 31.8 Å². The lowest BCUT2D eigenvalue weighted by Gasteiger charge is -2.30. The summed E-state index contributed by atoms with van der Waals surface area (Å²) < 4.78 is 5.05. The van der Waals surface area contributed by atoms with E-state index in [0.29, 0.717) is 12.6 Å². The van der Waals surface area contributed by atoms with E-state index in [1.54, 1.807) is 0 Å². The SMILES string of the molecule is CCC1N=C(C)N2CC(N3CCOC3=O)CC2=C1C. The molecule has 0 aromatic carbocycles. The Bertz CT molecular complexity index is 469. The van der Waals surface area contributed by atoms with E-state index in [9.17, 15) is 4.79 Å². The lowest BCUT2D eigenvalue weighted by Crippen LogP contribution is -2.39. The number of amides is 1. The second-order valence-corrected chi connectivity index (χ2v) is 5.51. The molecule has 3 heterocycles. The molecule has 0 saturated carbocycles. The van der Waals surface area contributed by atoms with Gasteiger partial charge in [0.05, 0.1) is 18.6 Å². The largest absolute Gasteiger partial charge is 0.448 e. The molecule has 0 aromatic rings. The molecule has 3 aliphatic rings. The van der Waals surface area contributed by atoms with Crippen molar-refractivity contribution in [2.45, 2.75) is 45.7 Å². The Morgan fingerprint density at radius 1 is 1.42 bits per heavy atom. The van der Waals surface area contributed by atoms with Crippen LogP contribution in [-0.4, -0.2) is 53.5 Å². The maximum absolute atomic E-state index is 11.7. The molecular weight excluding hydrogens is 242 g/mol. The molecule has 104 valence electrons. The summed E-state index contributed by atoms with van der Waals surface area (Å²) in [6.07, 6.45) is 1.81. The van der Waals surface area contributed by atoms with Gasteiger partial charge in [-0.2, -0.15) is 0 Å². The molecule has 19 heavy (non-hydrogen) atoms. The number of rotatable bonds is 2. The molecule has 5 nitrogen and oxygen atoms in total. The highest BCUT2D eigenvalue weighted by molar-refractivity contribution is 5.84. The maximum atomic E-state index is 11.7. The van der Waals surface area contributed by atoms with Gasteiger partial charge >= 0.3 is 6.09 Å². The summed E-state index contributed by atoms with van der Waals surface area (Å²) >= 11 is 0. The second-order valence-electron chi connectivity index (χ2n) is 5.51. The predicted molar refractivity (Wildman–Crippen MR) is 73.1 cm³/mol. The lowest BCUT2D eigenvalue weighted by molar-refractivity contribution is 0.149. The average molecular weight is 263 g/mol. The highest BCUT2D eigenvalue weighted by Crippen LogP contribution is 2.34. The van der Waals surface area contributed by atoms with Gasteiger partial charge in [0.1, 0.15) is 12.4 Å². The number of cyclic esters (lactones) is 1. The van der Waals surface area contributed by atoms with Crippen molar-refractivity contribution in [1.82, 2.24) is 9.80 Å². The van der Waals surface area contributed by atoms with Gasteiger partial charge in [0.25, 0.3) is 0 Å². The maximum Gasteiger partial charge on any atom is 0.410 e. The monoisotopic (exact) mass is 263 g/mol. The molecule has 0 N–H and O–H groups in total. The molecule has 0 aliphatic carbocycles. The van der Waals surface area contributed by atoms with Crippen LogP contribution < -0.4 is 0 Å². The van der Waals surface area contributed by atoms with Crippen LogP contribution in [0.4, 0.5) is 4.79 Å². The van der Waals surface area contributed by atoms with E-state index in [1.807, 2.05) is 4.90 Å². The zero-order valence-corrected chi connectivity index (χ0v) is 11.8. The smallest absolute Gasteiger partial charge is 0.410 e. The summed E-state index contributed by atoms with van der Waals surface area (Å²) in [5.41, 5.74) is 2.73. The van der Waals surface area contributed by atoms with E-state index >= 15 is 0 Å². The first-order valence-electron chi connectivity index (χ1n) is 7.06. The Labute approximate surface area is 113 Å². The minimum Gasteiger partial charge on any atom is -0.448 e. The van der Waals surface area contributed by atoms with Crippen LogP contribution in [0.15, 0.2) is 16.3 Å². The van der Waals surface area contributed by atoms with Gasteiger partial charge in [-0.15, -0.1) is 0 Å².